The first kappa shape index (κ1) is 13.2. The summed E-state index contributed by atoms with van der Waals surface area (Å²) in [5.41, 5.74) is 7.99. The normalized spacial score (nSPS) is 12.5. The molecule has 1 aromatic rings. The van der Waals surface area contributed by atoms with E-state index in [4.69, 9.17) is 17.3 Å². The molecule has 0 radical (unpaired) electrons. The molecule has 16 heavy (non-hydrogen) atoms. The van der Waals surface area contributed by atoms with E-state index in [-0.39, 0.29) is 11.9 Å². The molecule has 0 saturated heterocycles. The summed E-state index contributed by atoms with van der Waals surface area (Å²) in [6.07, 6.45) is 2.37. The van der Waals surface area contributed by atoms with Crippen LogP contribution >= 0.6 is 11.6 Å². The maximum Gasteiger partial charge on any atom is 0.124 e. The van der Waals surface area contributed by atoms with Crippen molar-refractivity contribution in [3.63, 3.8) is 0 Å². The Morgan fingerprint density at radius 3 is 2.81 bits per heavy atom. The standard InChI is InChI=1S/C13H17ClFN/c1-3-9(2)6-12(16)7-10-4-5-11(15)8-13(10)14/h4-5,8,12H,2-3,6-7,16H2,1H3. The van der Waals surface area contributed by atoms with Crippen LogP contribution in [-0.4, -0.2) is 6.04 Å². The zero-order chi connectivity index (χ0) is 12.1. The summed E-state index contributed by atoms with van der Waals surface area (Å²) in [4.78, 5) is 0. The van der Waals surface area contributed by atoms with Gasteiger partial charge in [0.25, 0.3) is 0 Å². The number of hydrogen-bond acceptors (Lipinski definition) is 1. The molecule has 0 heterocycles. The van der Waals surface area contributed by atoms with E-state index >= 15 is 0 Å². The van der Waals surface area contributed by atoms with Crippen LogP contribution in [0, 0.1) is 5.82 Å². The average molecular weight is 242 g/mol. The molecule has 0 saturated carbocycles. The van der Waals surface area contributed by atoms with Crippen LogP contribution in [0.3, 0.4) is 0 Å². The summed E-state index contributed by atoms with van der Waals surface area (Å²) in [6.45, 7) is 5.97. The van der Waals surface area contributed by atoms with E-state index in [2.05, 4.69) is 13.5 Å². The molecule has 0 fully saturated rings. The van der Waals surface area contributed by atoms with Crippen LogP contribution in [-0.2, 0) is 6.42 Å². The second-order valence-corrected chi connectivity index (χ2v) is 4.41. The topological polar surface area (TPSA) is 26.0 Å². The van der Waals surface area contributed by atoms with E-state index in [0.717, 1.165) is 24.0 Å². The molecule has 1 aromatic carbocycles. The average Bonchev–Trinajstić information content (AvgIpc) is 2.22. The van der Waals surface area contributed by atoms with Gasteiger partial charge in [-0.05, 0) is 37.0 Å². The Bertz CT molecular complexity index is 376. The molecule has 2 N–H and O–H groups in total. The molecule has 0 amide bonds. The van der Waals surface area contributed by atoms with Gasteiger partial charge >= 0.3 is 0 Å². The molecule has 0 aromatic heterocycles. The Morgan fingerprint density at radius 2 is 2.25 bits per heavy atom. The van der Waals surface area contributed by atoms with Crippen LogP contribution < -0.4 is 5.73 Å². The second-order valence-electron chi connectivity index (χ2n) is 4.01. The smallest absolute Gasteiger partial charge is 0.124 e. The molecular formula is C13H17ClFN. The van der Waals surface area contributed by atoms with Crippen molar-refractivity contribution in [3.8, 4) is 0 Å². The molecule has 1 rings (SSSR count). The lowest BCUT2D eigenvalue weighted by molar-refractivity contribution is 0.622. The summed E-state index contributed by atoms with van der Waals surface area (Å²) in [7, 11) is 0. The number of halogens is 2. The Morgan fingerprint density at radius 1 is 1.56 bits per heavy atom. The predicted molar refractivity (Wildman–Crippen MR) is 67.1 cm³/mol. The van der Waals surface area contributed by atoms with Crippen molar-refractivity contribution in [3.05, 3.63) is 46.8 Å². The first-order valence-electron chi connectivity index (χ1n) is 5.39. The summed E-state index contributed by atoms with van der Waals surface area (Å²) in [6, 6.07) is 4.41. The Kier molecular flexibility index (Phi) is 4.97. The highest BCUT2D eigenvalue weighted by Crippen LogP contribution is 2.20. The van der Waals surface area contributed by atoms with Gasteiger partial charge in [0, 0.05) is 11.1 Å². The zero-order valence-electron chi connectivity index (χ0n) is 9.47. The highest BCUT2D eigenvalue weighted by atomic mass is 35.5. The summed E-state index contributed by atoms with van der Waals surface area (Å²) in [5.74, 6) is -0.319. The summed E-state index contributed by atoms with van der Waals surface area (Å²) in [5, 5.41) is 0.442. The minimum absolute atomic E-state index is 0.00425. The van der Waals surface area contributed by atoms with Crippen molar-refractivity contribution in [1.29, 1.82) is 0 Å². The summed E-state index contributed by atoms with van der Waals surface area (Å²) < 4.78 is 12.8. The minimum atomic E-state index is -0.319. The van der Waals surface area contributed by atoms with Gasteiger partial charge < -0.3 is 5.73 Å². The largest absolute Gasteiger partial charge is 0.327 e. The van der Waals surface area contributed by atoms with Crippen molar-refractivity contribution in [1.82, 2.24) is 0 Å². The lowest BCUT2D eigenvalue weighted by atomic mass is 9.99. The quantitative estimate of drug-likeness (QED) is 0.782. The molecule has 1 unspecified atom stereocenters. The van der Waals surface area contributed by atoms with Gasteiger partial charge in [-0.3, -0.25) is 0 Å². The van der Waals surface area contributed by atoms with Crippen LogP contribution in [0.5, 0.6) is 0 Å². The molecule has 1 nitrogen and oxygen atoms in total. The number of hydrogen-bond donors (Lipinski definition) is 1. The van der Waals surface area contributed by atoms with E-state index in [1.165, 1.54) is 12.1 Å². The Hall–Kier alpha value is -0.860. The Balaban J connectivity index is 2.62. The van der Waals surface area contributed by atoms with E-state index in [1.807, 2.05) is 0 Å². The van der Waals surface area contributed by atoms with Crippen LogP contribution in [0.25, 0.3) is 0 Å². The molecule has 0 aliphatic carbocycles. The first-order valence-corrected chi connectivity index (χ1v) is 5.77. The van der Waals surface area contributed by atoms with Crippen LogP contribution in [0.2, 0.25) is 5.02 Å². The third-order valence-electron chi connectivity index (χ3n) is 2.55. The lowest BCUT2D eigenvalue weighted by Crippen LogP contribution is -2.23. The van der Waals surface area contributed by atoms with Crippen molar-refractivity contribution in [2.45, 2.75) is 32.2 Å². The molecule has 3 heteroatoms. The SMILES string of the molecule is C=C(CC)CC(N)Cc1ccc(F)cc1Cl. The van der Waals surface area contributed by atoms with E-state index < -0.39 is 0 Å². The van der Waals surface area contributed by atoms with Gasteiger partial charge in [-0.25, -0.2) is 4.39 Å². The van der Waals surface area contributed by atoms with Crippen LogP contribution in [0.15, 0.2) is 30.4 Å². The van der Waals surface area contributed by atoms with E-state index in [9.17, 15) is 4.39 Å². The predicted octanol–water partition coefficient (Wildman–Crippen LogP) is 3.71. The zero-order valence-corrected chi connectivity index (χ0v) is 10.2. The highest BCUT2D eigenvalue weighted by molar-refractivity contribution is 6.31. The maximum absolute atomic E-state index is 12.8. The van der Waals surface area contributed by atoms with Crippen molar-refractivity contribution < 1.29 is 4.39 Å². The molecular weight excluding hydrogens is 225 g/mol. The van der Waals surface area contributed by atoms with Crippen molar-refractivity contribution >= 4 is 11.6 Å². The van der Waals surface area contributed by atoms with Crippen LogP contribution in [0.4, 0.5) is 4.39 Å². The first-order chi connectivity index (χ1) is 7.52. The van der Waals surface area contributed by atoms with Gasteiger partial charge in [0.1, 0.15) is 5.82 Å². The number of nitrogens with two attached hydrogens (primary N) is 1. The minimum Gasteiger partial charge on any atom is -0.327 e. The third kappa shape index (κ3) is 3.95. The second kappa shape index (κ2) is 6.02. The lowest BCUT2D eigenvalue weighted by Gasteiger charge is -2.13. The molecule has 0 spiro atoms. The monoisotopic (exact) mass is 241 g/mol. The van der Waals surface area contributed by atoms with E-state index in [1.54, 1.807) is 6.07 Å². The fourth-order valence-electron chi connectivity index (χ4n) is 1.56. The van der Waals surface area contributed by atoms with Gasteiger partial charge in [-0.1, -0.05) is 36.7 Å². The van der Waals surface area contributed by atoms with Crippen LogP contribution in [0.1, 0.15) is 25.3 Å². The molecule has 0 aliphatic rings. The number of benzene rings is 1. The molecule has 0 bridgehead atoms. The van der Waals surface area contributed by atoms with Gasteiger partial charge in [0.2, 0.25) is 0 Å². The van der Waals surface area contributed by atoms with Gasteiger partial charge in [-0.15, -0.1) is 0 Å². The van der Waals surface area contributed by atoms with Gasteiger partial charge in [0.15, 0.2) is 0 Å². The Labute approximate surface area is 101 Å². The highest BCUT2D eigenvalue weighted by Gasteiger charge is 2.08. The fourth-order valence-corrected chi connectivity index (χ4v) is 1.80. The molecule has 1 atom stereocenters. The number of rotatable bonds is 5. The molecule has 0 aliphatic heterocycles. The molecule has 88 valence electrons. The fraction of sp³-hybridized carbons (Fsp3) is 0.385. The maximum atomic E-state index is 12.8. The van der Waals surface area contributed by atoms with Gasteiger partial charge in [0.05, 0.1) is 0 Å². The van der Waals surface area contributed by atoms with Crippen molar-refractivity contribution in [2.24, 2.45) is 5.73 Å². The summed E-state index contributed by atoms with van der Waals surface area (Å²) >= 11 is 5.93. The van der Waals surface area contributed by atoms with Gasteiger partial charge in [-0.2, -0.15) is 0 Å². The van der Waals surface area contributed by atoms with E-state index in [0.29, 0.717) is 11.4 Å². The van der Waals surface area contributed by atoms with Crippen molar-refractivity contribution in [2.75, 3.05) is 0 Å². The third-order valence-corrected chi connectivity index (χ3v) is 2.90.